The molecule has 1 aliphatic carbocycles. The smallest absolute Gasteiger partial charge is 0.247 e. The van der Waals surface area contributed by atoms with E-state index >= 15 is 0 Å². The van der Waals surface area contributed by atoms with E-state index in [1.54, 1.807) is 4.90 Å². The third-order valence-corrected chi connectivity index (χ3v) is 4.76. The summed E-state index contributed by atoms with van der Waals surface area (Å²) < 4.78 is 0. The van der Waals surface area contributed by atoms with Crippen molar-refractivity contribution in [3.8, 4) is 0 Å². The van der Waals surface area contributed by atoms with Gasteiger partial charge in [0.25, 0.3) is 0 Å². The lowest BCUT2D eigenvalue weighted by Gasteiger charge is -2.23. The second-order valence-electron chi connectivity index (χ2n) is 5.65. The maximum atomic E-state index is 12.3. The molecule has 2 amide bonds. The maximum Gasteiger partial charge on any atom is 0.247 e. The molecule has 0 aromatic rings. The second-order valence-corrected chi connectivity index (χ2v) is 6.63. The van der Waals surface area contributed by atoms with Crippen LogP contribution in [0.15, 0.2) is 0 Å². The van der Waals surface area contributed by atoms with Crippen LogP contribution in [-0.4, -0.2) is 46.8 Å². The standard InChI is InChI=1S/C14H24N2O2S/c1-10(7-8-19-2)15-12-9-13(17)16(14(12)18)11-5-3-4-6-11/h10-12,15H,3-9H2,1-2H3. The zero-order chi connectivity index (χ0) is 13.8. The van der Waals surface area contributed by atoms with E-state index in [2.05, 4.69) is 18.5 Å². The van der Waals surface area contributed by atoms with Crippen molar-refractivity contribution in [2.24, 2.45) is 0 Å². The van der Waals surface area contributed by atoms with Gasteiger partial charge in [-0.25, -0.2) is 0 Å². The highest BCUT2D eigenvalue weighted by Gasteiger charge is 2.43. The number of amides is 2. The Morgan fingerprint density at radius 2 is 2.05 bits per heavy atom. The summed E-state index contributed by atoms with van der Waals surface area (Å²) in [5.41, 5.74) is 0. The number of nitrogens with zero attached hydrogens (tertiary/aromatic N) is 1. The van der Waals surface area contributed by atoms with Crippen molar-refractivity contribution >= 4 is 23.6 Å². The first kappa shape index (κ1) is 14.9. The number of carbonyl (C=O) groups excluding carboxylic acids is 2. The first-order valence-corrected chi connectivity index (χ1v) is 8.63. The molecule has 1 saturated heterocycles. The summed E-state index contributed by atoms with van der Waals surface area (Å²) >= 11 is 1.81. The number of hydrogen-bond acceptors (Lipinski definition) is 4. The monoisotopic (exact) mass is 284 g/mol. The van der Waals surface area contributed by atoms with Crippen LogP contribution >= 0.6 is 11.8 Å². The van der Waals surface area contributed by atoms with Gasteiger partial charge in [-0.15, -0.1) is 0 Å². The zero-order valence-corrected chi connectivity index (χ0v) is 12.7. The Balaban J connectivity index is 1.90. The molecular formula is C14H24N2O2S. The van der Waals surface area contributed by atoms with Gasteiger partial charge >= 0.3 is 0 Å². The Morgan fingerprint density at radius 3 is 2.68 bits per heavy atom. The van der Waals surface area contributed by atoms with Gasteiger partial charge in [0.2, 0.25) is 11.8 Å². The van der Waals surface area contributed by atoms with Gasteiger partial charge in [0.15, 0.2) is 0 Å². The number of rotatable bonds is 6. The lowest BCUT2D eigenvalue weighted by molar-refractivity contribution is -0.141. The molecule has 2 aliphatic rings. The third-order valence-electron chi connectivity index (χ3n) is 4.11. The molecule has 0 spiro atoms. The van der Waals surface area contributed by atoms with E-state index in [0.717, 1.165) is 37.9 Å². The summed E-state index contributed by atoms with van der Waals surface area (Å²) in [7, 11) is 0. The van der Waals surface area contributed by atoms with Gasteiger partial charge in [0, 0.05) is 12.1 Å². The molecule has 5 heteroatoms. The van der Waals surface area contributed by atoms with Crippen molar-refractivity contribution < 1.29 is 9.59 Å². The van der Waals surface area contributed by atoms with E-state index in [4.69, 9.17) is 0 Å². The molecule has 0 bridgehead atoms. The fourth-order valence-corrected chi connectivity index (χ4v) is 3.64. The van der Waals surface area contributed by atoms with E-state index < -0.39 is 0 Å². The SMILES string of the molecule is CSCCC(C)NC1CC(=O)N(C2CCCC2)C1=O. The number of likely N-dealkylation sites (tertiary alicyclic amines) is 1. The van der Waals surface area contributed by atoms with Gasteiger partial charge in [-0.2, -0.15) is 11.8 Å². The molecule has 1 N–H and O–H groups in total. The molecule has 2 atom stereocenters. The third kappa shape index (κ3) is 3.51. The number of carbonyl (C=O) groups is 2. The van der Waals surface area contributed by atoms with E-state index in [-0.39, 0.29) is 29.9 Å². The predicted molar refractivity (Wildman–Crippen MR) is 78.1 cm³/mol. The molecule has 19 heavy (non-hydrogen) atoms. The van der Waals surface area contributed by atoms with Crippen molar-refractivity contribution in [1.82, 2.24) is 10.2 Å². The molecule has 2 rings (SSSR count). The Bertz CT molecular complexity index is 342. The molecule has 2 unspecified atom stereocenters. The normalized spacial score (nSPS) is 26.4. The Hall–Kier alpha value is -0.550. The number of imide groups is 1. The average molecular weight is 284 g/mol. The van der Waals surface area contributed by atoms with E-state index in [1.165, 1.54) is 0 Å². The summed E-state index contributed by atoms with van der Waals surface area (Å²) in [6.07, 6.45) is 7.73. The topological polar surface area (TPSA) is 49.4 Å². The lowest BCUT2D eigenvalue weighted by atomic mass is 10.2. The van der Waals surface area contributed by atoms with Gasteiger partial charge < -0.3 is 5.32 Å². The number of hydrogen-bond donors (Lipinski definition) is 1. The van der Waals surface area contributed by atoms with E-state index in [9.17, 15) is 9.59 Å². The molecule has 1 heterocycles. The lowest BCUT2D eigenvalue weighted by Crippen LogP contribution is -2.45. The Kier molecular flexibility index (Phi) is 5.28. The summed E-state index contributed by atoms with van der Waals surface area (Å²) in [6, 6.07) is 0.177. The first-order valence-electron chi connectivity index (χ1n) is 7.24. The van der Waals surface area contributed by atoms with Crippen LogP contribution in [0.3, 0.4) is 0 Å². The zero-order valence-electron chi connectivity index (χ0n) is 11.9. The molecule has 1 saturated carbocycles. The number of thioether (sulfide) groups is 1. The van der Waals surface area contributed by atoms with Crippen LogP contribution in [-0.2, 0) is 9.59 Å². The van der Waals surface area contributed by atoms with Crippen molar-refractivity contribution in [3.63, 3.8) is 0 Å². The van der Waals surface area contributed by atoms with Crippen molar-refractivity contribution in [2.75, 3.05) is 12.0 Å². The van der Waals surface area contributed by atoms with Crippen LogP contribution in [0.25, 0.3) is 0 Å². The quantitative estimate of drug-likeness (QED) is 0.756. The minimum Gasteiger partial charge on any atom is -0.303 e. The van der Waals surface area contributed by atoms with Gasteiger partial charge in [-0.3, -0.25) is 14.5 Å². The van der Waals surface area contributed by atoms with Gasteiger partial charge in [-0.1, -0.05) is 12.8 Å². The minimum absolute atomic E-state index is 0.00732. The highest BCUT2D eigenvalue weighted by Crippen LogP contribution is 2.28. The molecule has 1 aliphatic heterocycles. The van der Waals surface area contributed by atoms with E-state index in [1.807, 2.05) is 11.8 Å². The van der Waals surface area contributed by atoms with E-state index in [0.29, 0.717) is 6.42 Å². The minimum atomic E-state index is -0.287. The van der Waals surface area contributed by atoms with Crippen LogP contribution in [0.2, 0.25) is 0 Å². The molecule has 108 valence electrons. The predicted octanol–water partition coefficient (Wildman–Crippen LogP) is 1.79. The maximum absolute atomic E-state index is 12.3. The fraction of sp³-hybridized carbons (Fsp3) is 0.857. The van der Waals surface area contributed by atoms with Crippen LogP contribution in [0, 0.1) is 0 Å². The highest BCUT2D eigenvalue weighted by atomic mass is 32.2. The van der Waals surface area contributed by atoms with Crippen molar-refractivity contribution in [3.05, 3.63) is 0 Å². The first-order chi connectivity index (χ1) is 9.13. The summed E-state index contributed by atoms with van der Waals surface area (Å²) in [5, 5.41) is 3.32. The Labute approximate surface area is 119 Å². The Morgan fingerprint density at radius 1 is 1.37 bits per heavy atom. The van der Waals surface area contributed by atoms with Crippen LogP contribution in [0.4, 0.5) is 0 Å². The van der Waals surface area contributed by atoms with Gasteiger partial charge in [0.1, 0.15) is 0 Å². The van der Waals surface area contributed by atoms with Gasteiger partial charge in [-0.05, 0) is 38.2 Å². The average Bonchev–Trinajstić information content (AvgIpc) is 2.96. The molecule has 4 nitrogen and oxygen atoms in total. The largest absolute Gasteiger partial charge is 0.303 e. The molecule has 0 aromatic heterocycles. The molecule has 0 aromatic carbocycles. The van der Waals surface area contributed by atoms with Crippen molar-refractivity contribution in [2.45, 2.75) is 63.6 Å². The highest BCUT2D eigenvalue weighted by molar-refractivity contribution is 7.98. The summed E-state index contributed by atoms with van der Waals surface area (Å²) in [6.45, 7) is 2.09. The van der Waals surface area contributed by atoms with Crippen LogP contribution in [0.5, 0.6) is 0 Å². The van der Waals surface area contributed by atoms with Crippen LogP contribution < -0.4 is 5.32 Å². The fourth-order valence-electron chi connectivity index (χ4n) is 3.05. The molecular weight excluding hydrogens is 260 g/mol. The molecule has 0 radical (unpaired) electrons. The number of nitrogens with one attached hydrogen (secondary N) is 1. The molecule has 2 fully saturated rings. The van der Waals surface area contributed by atoms with Crippen molar-refractivity contribution in [1.29, 1.82) is 0 Å². The van der Waals surface area contributed by atoms with Crippen LogP contribution in [0.1, 0.15) is 45.4 Å². The summed E-state index contributed by atoms with van der Waals surface area (Å²) in [4.78, 5) is 25.9. The summed E-state index contributed by atoms with van der Waals surface area (Å²) in [5.74, 6) is 1.11. The second kappa shape index (κ2) is 6.75. The van der Waals surface area contributed by atoms with Gasteiger partial charge in [0.05, 0.1) is 12.5 Å².